The highest BCUT2D eigenvalue weighted by molar-refractivity contribution is 7.90. The van der Waals surface area contributed by atoms with Crippen LogP contribution in [0.5, 0.6) is 0 Å². The van der Waals surface area contributed by atoms with E-state index in [2.05, 4.69) is 20.6 Å². The number of aliphatic hydroxyl groups excluding tert-OH is 1. The van der Waals surface area contributed by atoms with Gasteiger partial charge in [0.25, 0.3) is 5.91 Å². The number of nitrogens with one attached hydrogen (secondary N) is 2. The summed E-state index contributed by atoms with van der Waals surface area (Å²) in [5, 5.41) is 14.7. The zero-order valence-electron chi connectivity index (χ0n) is 19.6. The quantitative estimate of drug-likeness (QED) is 0.298. The number of pyridine rings is 1. The van der Waals surface area contributed by atoms with E-state index >= 15 is 0 Å². The number of carbonyl (C=O) groups is 1. The van der Waals surface area contributed by atoms with Crippen LogP contribution in [0.2, 0.25) is 0 Å². The lowest BCUT2D eigenvalue weighted by Gasteiger charge is -2.06. The molecule has 4 aromatic rings. The standard InChI is InChI=1S/C26H26N4O5S/c1-18-24(17-36(33,34)23-10-8-22(9-11-23)28-13-14-31)30-26(35-18)21-6-4-20(5-7-21)25(32)29-16-19-3-2-12-27-15-19/h2-12,15,28,31H,13-14,16-17H2,1H3,(H,29,32). The lowest BCUT2D eigenvalue weighted by molar-refractivity contribution is 0.0951. The molecule has 0 aliphatic heterocycles. The topological polar surface area (TPSA) is 134 Å². The molecule has 2 aromatic heterocycles. The van der Waals surface area contributed by atoms with Gasteiger partial charge in [0.15, 0.2) is 9.84 Å². The molecule has 3 N–H and O–H groups in total. The third-order valence-corrected chi connectivity index (χ3v) is 7.09. The van der Waals surface area contributed by atoms with Gasteiger partial charge in [-0.2, -0.15) is 0 Å². The summed E-state index contributed by atoms with van der Waals surface area (Å²) in [4.78, 5) is 21.0. The van der Waals surface area contributed by atoms with Crippen LogP contribution in [-0.4, -0.2) is 42.6 Å². The zero-order valence-corrected chi connectivity index (χ0v) is 20.5. The Morgan fingerprint density at radius 3 is 2.47 bits per heavy atom. The van der Waals surface area contributed by atoms with Crippen LogP contribution in [0.15, 0.2) is 82.4 Å². The second-order valence-electron chi connectivity index (χ2n) is 8.08. The van der Waals surface area contributed by atoms with Gasteiger partial charge in [0.2, 0.25) is 5.89 Å². The molecule has 0 aliphatic rings. The van der Waals surface area contributed by atoms with Crippen molar-refractivity contribution in [3.63, 3.8) is 0 Å². The Morgan fingerprint density at radius 1 is 1.06 bits per heavy atom. The molecule has 0 saturated heterocycles. The highest BCUT2D eigenvalue weighted by Gasteiger charge is 2.21. The maximum Gasteiger partial charge on any atom is 0.251 e. The summed E-state index contributed by atoms with van der Waals surface area (Å²) in [7, 11) is -3.65. The number of aliphatic hydroxyl groups is 1. The van der Waals surface area contributed by atoms with Gasteiger partial charge in [-0.25, -0.2) is 13.4 Å². The molecule has 186 valence electrons. The first-order valence-corrected chi connectivity index (χ1v) is 12.9. The predicted octanol–water partition coefficient (Wildman–Crippen LogP) is 3.35. The minimum atomic E-state index is -3.65. The van der Waals surface area contributed by atoms with Crippen molar-refractivity contribution in [3.8, 4) is 11.5 Å². The lowest BCUT2D eigenvalue weighted by Crippen LogP contribution is -2.22. The molecule has 0 saturated carbocycles. The number of nitrogens with zero attached hydrogens (tertiary/aromatic N) is 2. The lowest BCUT2D eigenvalue weighted by atomic mass is 10.1. The van der Waals surface area contributed by atoms with Crippen LogP contribution in [0.3, 0.4) is 0 Å². The molecular weight excluding hydrogens is 480 g/mol. The first-order valence-electron chi connectivity index (χ1n) is 11.3. The Bertz CT molecular complexity index is 1420. The molecule has 2 aromatic carbocycles. The van der Waals surface area contributed by atoms with E-state index < -0.39 is 9.84 Å². The summed E-state index contributed by atoms with van der Waals surface area (Å²) >= 11 is 0. The van der Waals surface area contributed by atoms with E-state index in [1.807, 2.05) is 12.1 Å². The van der Waals surface area contributed by atoms with Crippen molar-refractivity contribution in [2.45, 2.75) is 24.1 Å². The molecule has 2 heterocycles. The molecule has 0 fully saturated rings. The van der Waals surface area contributed by atoms with E-state index in [-0.39, 0.29) is 29.1 Å². The fraction of sp³-hybridized carbons (Fsp3) is 0.192. The predicted molar refractivity (Wildman–Crippen MR) is 135 cm³/mol. The zero-order chi connectivity index (χ0) is 25.5. The van der Waals surface area contributed by atoms with Gasteiger partial charge >= 0.3 is 0 Å². The number of hydrogen-bond acceptors (Lipinski definition) is 8. The minimum Gasteiger partial charge on any atom is -0.441 e. The van der Waals surface area contributed by atoms with Crippen molar-refractivity contribution < 1.29 is 22.7 Å². The number of rotatable bonds is 10. The molecule has 10 heteroatoms. The fourth-order valence-corrected chi connectivity index (χ4v) is 4.83. The smallest absolute Gasteiger partial charge is 0.251 e. The van der Waals surface area contributed by atoms with Gasteiger partial charge in [-0.1, -0.05) is 6.07 Å². The number of aryl methyl sites for hydroxylation is 1. The number of hydrogen-bond donors (Lipinski definition) is 3. The Labute approximate surface area is 209 Å². The minimum absolute atomic E-state index is 0.0179. The van der Waals surface area contributed by atoms with Crippen molar-refractivity contribution >= 4 is 21.4 Å². The molecule has 0 bridgehead atoms. The van der Waals surface area contributed by atoms with Gasteiger partial charge in [0.1, 0.15) is 11.5 Å². The Morgan fingerprint density at radius 2 is 1.81 bits per heavy atom. The van der Waals surface area contributed by atoms with E-state index in [9.17, 15) is 13.2 Å². The largest absolute Gasteiger partial charge is 0.441 e. The molecule has 9 nitrogen and oxygen atoms in total. The number of amides is 1. The first-order chi connectivity index (χ1) is 17.4. The van der Waals surface area contributed by atoms with Crippen LogP contribution in [0.25, 0.3) is 11.5 Å². The van der Waals surface area contributed by atoms with Crippen LogP contribution in [0.1, 0.15) is 27.4 Å². The van der Waals surface area contributed by atoms with Gasteiger partial charge in [0, 0.05) is 42.3 Å². The van der Waals surface area contributed by atoms with Crippen molar-refractivity contribution in [2.24, 2.45) is 0 Å². The number of aromatic nitrogens is 2. The average Bonchev–Trinajstić information content (AvgIpc) is 3.26. The van der Waals surface area contributed by atoms with Crippen LogP contribution < -0.4 is 10.6 Å². The summed E-state index contributed by atoms with van der Waals surface area (Å²) < 4.78 is 31.6. The van der Waals surface area contributed by atoms with E-state index in [0.717, 1.165) is 11.3 Å². The highest BCUT2D eigenvalue weighted by Crippen LogP contribution is 2.25. The maximum absolute atomic E-state index is 12.9. The molecule has 0 atom stereocenters. The molecule has 4 rings (SSSR count). The summed E-state index contributed by atoms with van der Waals surface area (Å²) in [6.45, 7) is 2.40. The Kier molecular flexibility index (Phi) is 7.77. The van der Waals surface area contributed by atoms with Crippen LogP contribution in [0, 0.1) is 6.92 Å². The van der Waals surface area contributed by atoms with E-state index in [1.165, 1.54) is 12.1 Å². The number of sulfone groups is 1. The first kappa shape index (κ1) is 25.1. The molecule has 0 radical (unpaired) electrons. The SMILES string of the molecule is Cc1oc(-c2ccc(C(=O)NCc3cccnc3)cc2)nc1CS(=O)(=O)c1ccc(NCCO)cc1. The van der Waals surface area contributed by atoms with Gasteiger partial charge < -0.3 is 20.2 Å². The summed E-state index contributed by atoms with van der Waals surface area (Å²) in [5.41, 5.74) is 3.05. The summed E-state index contributed by atoms with van der Waals surface area (Å²) in [5.74, 6) is 0.163. The van der Waals surface area contributed by atoms with Gasteiger partial charge in [-0.15, -0.1) is 0 Å². The number of benzene rings is 2. The molecule has 36 heavy (non-hydrogen) atoms. The van der Waals surface area contributed by atoms with E-state index in [1.54, 1.807) is 55.7 Å². The molecule has 0 spiro atoms. The average molecular weight is 507 g/mol. The van der Waals surface area contributed by atoms with Gasteiger partial charge in [0.05, 0.1) is 17.2 Å². The second-order valence-corrected chi connectivity index (χ2v) is 10.1. The van der Waals surface area contributed by atoms with Crippen LogP contribution in [0.4, 0.5) is 5.69 Å². The van der Waals surface area contributed by atoms with Gasteiger partial charge in [-0.3, -0.25) is 9.78 Å². The Balaban J connectivity index is 1.42. The Hall–Kier alpha value is -4.02. The summed E-state index contributed by atoms with van der Waals surface area (Å²) in [6.07, 6.45) is 3.36. The normalized spacial score (nSPS) is 11.3. The van der Waals surface area contributed by atoms with Crippen molar-refractivity contribution in [1.29, 1.82) is 0 Å². The van der Waals surface area contributed by atoms with Crippen molar-refractivity contribution in [3.05, 3.63) is 95.6 Å². The monoisotopic (exact) mass is 506 g/mol. The highest BCUT2D eigenvalue weighted by atomic mass is 32.2. The van der Waals surface area contributed by atoms with Crippen molar-refractivity contribution in [1.82, 2.24) is 15.3 Å². The number of anilines is 1. The molecular formula is C26H26N4O5S. The third-order valence-electron chi connectivity index (χ3n) is 5.44. The molecule has 1 amide bonds. The van der Waals surface area contributed by atoms with E-state index in [0.29, 0.717) is 35.7 Å². The molecule has 0 unspecified atom stereocenters. The number of oxazole rings is 1. The summed E-state index contributed by atoms with van der Waals surface area (Å²) in [6, 6.07) is 16.8. The third kappa shape index (κ3) is 6.15. The molecule has 0 aliphatic carbocycles. The van der Waals surface area contributed by atoms with Gasteiger partial charge in [-0.05, 0) is 67.1 Å². The van der Waals surface area contributed by atoms with Crippen molar-refractivity contribution in [2.75, 3.05) is 18.5 Å². The second kappa shape index (κ2) is 11.1. The van der Waals surface area contributed by atoms with Crippen LogP contribution in [-0.2, 0) is 22.1 Å². The van der Waals surface area contributed by atoms with Crippen LogP contribution >= 0.6 is 0 Å². The van der Waals surface area contributed by atoms with E-state index in [4.69, 9.17) is 9.52 Å². The fourth-order valence-electron chi connectivity index (χ4n) is 3.48. The number of carbonyl (C=O) groups excluding carboxylic acids is 1. The maximum atomic E-state index is 12.9.